The third-order valence-corrected chi connectivity index (χ3v) is 3.28. The number of rotatable bonds is 15. The number of carbonyl (C=O) groups excluding carboxylic acids is 1. The molecule has 144 valence electrons. The molecule has 0 heterocycles. The lowest BCUT2D eigenvalue weighted by atomic mass is 10.2. The van der Waals surface area contributed by atoms with Gasteiger partial charge in [-0.25, -0.2) is 0 Å². The van der Waals surface area contributed by atoms with E-state index in [0.717, 1.165) is 38.5 Å². The van der Waals surface area contributed by atoms with Gasteiger partial charge in [-0.05, 0) is 51.8 Å². The second kappa shape index (κ2) is 21.0. The van der Waals surface area contributed by atoms with Gasteiger partial charge in [-0.15, -0.1) is 0 Å². The molecule has 0 rings (SSSR count). The van der Waals surface area contributed by atoms with Crippen molar-refractivity contribution in [3.63, 3.8) is 0 Å². The van der Waals surface area contributed by atoms with Gasteiger partial charge in [-0.1, -0.05) is 79.8 Å². The fraction of sp³-hybridized carbons (Fsp3) is 0.458. The molecule has 0 aliphatic heterocycles. The first-order chi connectivity index (χ1) is 14.7. The van der Waals surface area contributed by atoms with Crippen molar-refractivity contribution in [1.82, 2.24) is 0 Å². The predicted molar refractivity (Wildman–Crippen MR) is 114 cm³/mol. The lowest BCUT2D eigenvalue weighted by Crippen LogP contribution is -2.02. The number of carbonyl (C=O) groups is 1. The summed E-state index contributed by atoms with van der Waals surface area (Å²) in [5, 5.41) is 0. The molecule has 0 aromatic carbocycles. The monoisotopic (exact) mass is 361 g/mol. The summed E-state index contributed by atoms with van der Waals surface area (Å²) in [5.74, 6) is -0.861. The van der Waals surface area contributed by atoms with E-state index in [1.54, 1.807) is 6.08 Å². The van der Waals surface area contributed by atoms with Crippen LogP contribution in [0.5, 0.6) is 0 Å². The van der Waals surface area contributed by atoms with Gasteiger partial charge in [-0.3, -0.25) is 4.79 Å². The molecule has 0 aromatic rings. The Kier molecular flexibility index (Phi) is 13.0. The van der Waals surface area contributed by atoms with Crippen LogP contribution in [-0.4, -0.2) is 12.5 Å². The minimum Gasteiger partial charge on any atom is -0.466 e. The number of esters is 1. The Morgan fingerprint density at radius 1 is 0.769 bits per heavy atom. The number of allylic oxidation sites excluding steroid dienone is 12. The highest BCUT2D eigenvalue weighted by molar-refractivity contribution is 5.69. The molecule has 26 heavy (non-hydrogen) atoms. The molecular formula is C24H36O2. The quantitative estimate of drug-likeness (QED) is 0.231. The van der Waals surface area contributed by atoms with E-state index < -0.39 is 19.4 Å². The van der Waals surface area contributed by atoms with E-state index in [1.807, 2.05) is 12.2 Å². The molecule has 0 atom stereocenters. The molecule has 0 spiro atoms. The first-order valence-corrected chi connectivity index (χ1v) is 9.32. The largest absolute Gasteiger partial charge is 0.466 e. The van der Waals surface area contributed by atoms with Crippen molar-refractivity contribution in [3.05, 3.63) is 72.9 Å². The molecule has 0 amide bonds. The highest BCUT2D eigenvalue weighted by Gasteiger charge is 1.97. The van der Waals surface area contributed by atoms with Crippen molar-refractivity contribution in [2.24, 2.45) is 0 Å². The first kappa shape index (κ1) is 16.1. The number of ether oxygens (including phenoxy) is 1. The summed E-state index contributed by atoms with van der Waals surface area (Å²) >= 11 is 0. The summed E-state index contributed by atoms with van der Waals surface area (Å²) < 4.78 is 39.9. The van der Waals surface area contributed by atoms with Crippen molar-refractivity contribution in [3.8, 4) is 0 Å². The fourth-order valence-electron chi connectivity index (χ4n) is 1.95. The van der Waals surface area contributed by atoms with Crippen molar-refractivity contribution in [1.29, 1.82) is 0 Å². The maximum absolute atomic E-state index is 11.5. The fourth-order valence-corrected chi connectivity index (χ4v) is 1.95. The molecule has 0 bridgehead atoms. The lowest BCUT2D eigenvalue weighted by Gasteiger charge is -1.97. The summed E-state index contributed by atoms with van der Waals surface area (Å²) in [6.45, 7) is -3.81. The molecule has 0 N–H and O–H groups in total. The highest BCUT2D eigenvalue weighted by atomic mass is 16.5. The van der Waals surface area contributed by atoms with Gasteiger partial charge in [0.15, 0.2) is 0 Å². The molecule has 0 aromatic heterocycles. The Bertz CT molecular complexity index is 653. The van der Waals surface area contributed by atoms with E-state index in [0.29, 0.717) is 6.42 Å². The average Bonchev–Trinajstić information content (AvgIpc) is 2.68. The molecule has 0 aliphatic rings. The topological polar surface area (TPSA) is 26.3 Å². The summed E-state index contributed by atoms with van der Waals surface area (Å²) in [4.78, 5) is 11.5. The van der Waals surface area contributed by atoms with E-state index in [2.05, 4.69) is 66.3 Å². The normalized spacial score (nSPS) is 16.7. The summed E-state index contributed by atoms with van der Waals surface area (Å²) in [6.07, 6.45) is 31.0. The van der Waals surface area contributed by atoms with Gasteiger partial charge in [0.25, 0.3) is 0 Å². The molecule has 0 saturated carbocycles. The summed E-state index contributed by atoms with van der Waals surface area (Å²) in [5.41, 5.74) is 0. The first-order valence-electron chi connectivity index (χ1n) is 11.8. The van der Waals surface area contributed by atoms with Gasteiger partial charge in [0.05, 0.1) is 9.30 Å². The zero-order chi connectivity index (χ0) is 23.4. The number of hydrogen-bond donors (Lipinski definition) is 0. The second-order valence-electron chi connectivity index (χ2n) is 5.53. The Hall–Kier alpha value is -2.09. The Balaban J connectivity index is 3.78. The SMILES string of the molecule is [2H]C([2H])([2H])C([2H])([2H])OC(=O)CC/C=C\C/C=C\C/C=C/C/C=C\C/C=C\C/C=C\CC. The van der Waals surface area contributed by atoms with Crippen LogP contribution in [0.1, 0.15) is 72.0 Å². The summed E-state index contributed by atoms with van der Waals surface area (Å²) in [6, 6.07) is 0. The second-order valence-corrected chi connectivity index (χ2v) is 5.53. The van der Waals surface area contributed by atoms with Crippen LogP contribution < -0.4 is 0 Å². The van der Waals surface area contributed by atoms with Crippen molar-refractivity contribution in [2.45, 2.75) is 65.1 Å². The van der Waals surface area contributed by atoms with E-state index in [-0.39, 0.29) is 6.42 Å². The van der Waals surface area contributed by atoms with Crippen LogP contribution in [0.25, 0.3) is 0 Å². The van der Waals surface area contributed by atoms with Gasteiger partial charge in [0.2, 0.25) is 0 Å². The van der Waals surface area contributed by atoms with Crippen molar-refractivity contribution < 1.29 is 16.4 Å². The zero-order valence-corrected chi connectivity index (χ0v) is 15.9. The highest BCUT2D eigenvalue weighted by Crippen LogP contribution is 1.98. The maximum Gasteiger partial charge on any atom is 0.306 e. The third-order valence-electron chi connectivity index (χ3n) is 3.28. The van der Waals surface area contributed by atoms with Gasteiger partial charge < -0.3 is 4.74 Å². The Labute approximate surface area is 167 Å². The van der Waals surface area contributed by atoms with E-state index >= 15 is 0 Å². The van der Waals surface area contributed by atoms with Gasteiger partial charge in [0, 0.05) is 10.5 Å². The number of hydrogen-bond acceptors (Lipinski definition) is 2. The minimum atomic E-state index is -2.99. The van der Waals surface area contributed by atoms with Crippen molar-refractivity contribution >= 4 is 5.97 Å². The maximum atomic E-state index is 11.5. The van der Waals surface area contributed by atoms with Crippen LogP contribution in [0.2, 0.25) is 0 Å². The summed E-state index contributed by atoms with van der Waals surface area (Å²) in [7, 11) is 0. The standard InChI is InChI=1S/C24H36O2/c1-3-5-6-7-8-9-10-11-12-13-14-15-16-17-18-19-20-21-22-23-24(25)26-4-2/h5-6,8-9,11-12,14-15,17-18,20-21H,3-4,7,10,13,16,19,22-23H2,1-2H3/b6-5-,9-8-,12-11-,15-14+,18-17-,21-20-/i2D3,4D2. The van der Waals surface area contributed by atoms with Crippen LogP contribution in [0.4, 0.5) is 0 Å². The van der Waals surface area contributed by atoms with E-state index in [1.165, 1.54) is 0 Å². The Morgan fingerprint density at radius 2 is 1.19 bits per heavy atom. The predicted octanol–water partition coefficient (Wildman–Crippen LogP) is 7.03. The van der Waals surface area contributed by atoms with Crippen LogP contribution in [0.3, 0.4) is 0 Å². The lowest BCUT2D eigenvalue weighted by molar-refractivity contribution is -0.142. The van der Waals surface area contributed by atoms with E-state index in [9.17, 15) is 4.79 Å². The zero-order valence-electron chi connectivity index (χ0n) is 20.9. The van der Waals surface area contributed by atoms with Gasteiger partial charge >= 0.3 is 5.97 Å². The minimum absolute atomic E-state index is 0.0578. The third kappa shape index (κ3) is 20.0. The van der Waals surface area contributed by atoms with Crippen LogP contribution in [0.15, 0.2) is 72.9 Å². The van der Waals surface area contributed by atoms with Crippen LogP contribution in [-0.2, 0) is 9.53 Å². The molecule has 2 nitrogen and oxygen atoms in total. The van der Waals surface area contributed by atoms with Crippen molar-refractivity contribution in [2.75, 3.05) is 6.56 Å². The van der Waals surface area contributed by atoms with E-state index in [4.69, 9.17) is 6.85 Å². The molecule has 0 fully saturated rings. The Morgan fingerprint density at radius 3 is 1.62 bits per heavy atom. The van der Waals surface area contributed by atoms with Crippen LogP contribution in [0, 0.1) is 0 Å². The average molecular weight is 362 g/mol. The molecular weight excluding hydrogens is 320 g/mol. The molecule has 0 radical (unpaired) electrons. The van der Waals surface area contributed by atoms with Gasteiger partial charge in [0.1, 0.15) is 0 Å². The molecule has 0 unspecified atom stereocenters. The van der Waals surface area contributed by atoms with Crippen LogP contribution >= 0.6 is 0 Å². The smallest absolute Gasteiger partial charge is 0.306 e. The molecule has 0 aliphatic carbocycles. The van der Waals surface area contributed by atoms with Gasteiger partial charge in [-0.2, -0.15) is 0 Å². The molecule has 0 saturated heterocycles. The molecule has 2 heteroatoms.